The minimum absolute atomic E-state index is 0.0204. The molecule has 1 aliphatic carbocycles. The maximum Gasteiger partial charge on any atom is 0.387 e. The quantitative estimate of drug-likeness (QED) is 0.736. The van der Waals surface area contributed by atoms with Crippen LogP contribution in [-0.4, -0.2) is 31.0 Å². The minimum atomic E-state index is -2.89. The van der Waals surface area contributed by atoms with Gasteiger partial charge in [0, 0.05) is 17.8 Å². The van der Waals surface area contributed by atoms with Crippen LogP contribution in [0.3, 0.4) is 0 Å². The van der Waals surface area contributed by atoms with Crippen molar-refractivity contribution < 1.29 is 27.8 Å². The molecule has 2 aromatic rings. The van der Waals surface area contributed by atoms with E-state index in [1.165, 1.54) is 24.3 Å². The van der Waals surface area contributed by atoms with Crippen molar-refractivity contribution in [2.24, 2.45) is 0 Å². The molecule has 0 saturated carbocycles. The van der Waals surface area contributed by atoms with Gasteiger partial charge < -0.3 is 20.5 Å². The molecule has 1 atom stereocenters. The van der Waals surface area contributed by atoms with Crippen LogP contribution in [0.25, 0.3) is 0 Å². The standard InChI is InChI=1S/C18H18F2N2O3.CH3F/c19-17(20)25-14-8-5-12(6-9-14)21-18(24)22-16-3-1-2-11-4-7-13(23)10-15(11)16;1-2/h1-3,5-6,8-9,13,17,23H,4,7,10H2,(H2,21,22,24);1H3. The molecule has 0 saturated heterocycles. The Morgan fingerprint density at radius 2 is 1.85 bits per heavy atom. The number of fused-ring (bicyclic) bond motifs is 1. The van der Waals surface area contributed by atoms with Gasteiger partial charge in [0.15, 0.2) is 0 Å². The van der Waals surface area contributed by atoms with Crippen molar-refractivity contribution in [2.75, 3.05) is 17.8 Å². The predicted octanol–water partition coefficient (Wildman–Crippen LogP) is 4.37. The van der Waals surface area contributed by atoms with E-state index in [4.69, 9.17) is 0 Å². The van der Waals surface area contributed by atoms with Crippen molar-refractivity contribution in [1.29, 1.82) is 0 Å². The lowest BCUT2D eigenvalue weighted by Gasteiger charge is -2.23. The normalized spacial score (nSPS) is 15.3. The first-order valence-electron chi connectivity index (χ1n) is 8.31. The van der Waals surface area contributed by atoms with E-state index in [-0.39, 0.29) is 5.75 Å². The van der Waals surface area contributed by atoms with Gasteiger partial charge in [-0.1, -0.05) is 12.1 Å². The number of alkyl halides is 3. The maximum absolute atomic E-state index is 12.2. The number of carbonyl (C=O) groups excluding carboxylic acids is 1. The van der Waals surface area contributed by atoms with Gasteiger partial charge in [-0.05, 0) is 54.3 Å². The monoisotopic (exact) mass is 382 g/mol. The summed E-state index contributed by atoms with van der Waals surface area (Å²) in [7, 11) is 0.500. The predicted molar refractivity (Wildman–Crippen MR) is 97.2 cm³/mol. The molecule has 146 valence electrons. The smallest absolute Gasteiger partial charge is 0.387 e. The van der Waals surface area contributed by atoms with E-state index in [0.717, 1.165) is 24.0 Å². The summed E-state index contributed by atoms with van der Waals surface area (Å²) in [5.74, 6) is 0.0204. The second-order valence-corrected chi connectivity index (χ2v) is 5.82. The molecule has 0 radical (unpaired) electrons. The number of halogens is 3. The molecule has 2 aromatic carbocycles. The Hall–Kier alpha value is -2.74. The van der Waals surface area contributed by atoms with Crippen molar-refractivity contribution in [1.82, 2.24) is 0 Å². The van der Waals surface area contributed by atoms with Gasteiger partial charge in [0.1, 0.15) is 5.75 Å². The number of aliphatic hydroxyl groups excluding tert-OH is 1. The molecule has 27 heavy (non-hydrogen) atoms. The van der Waals surface area contributed by atoms with Gasteiger partial charge in [-0.15, -0.1) is 0 Å². The third-order valence-corrected chi connectivity index (χ3v) is 4.05. The zero-order valence-electron chi connectivity index (χ0n) is 14.7. The Balaban J connectivity index is 0.00000126. The van der Waals surface area contributed by atoms with Crippen LogP contribution in [0.5, 0.6) is 5.75 Å². The molecular weight excluding hydrogens is 361 g/mol. The number of nitrogens with one attached hydrogen (secondary N) is 2. The van der Waals surface area contributed by atoms with Gasteiger partial charge in [0.25, 0.3) is 0 Å². The van der Waals surface area contributed by atoms with E-state index in [2.05, 4.69) is 15.4 Å². The molecule has 0 bridgehead atoms. The van der Waals surface area contributed by atoms with Crippen LogP contribution in [0, 0.1) is 0 Å². The number of urea groups is 1. The Labute approximate surface area is 155 Å². The molecule has 3 rings (SSSR count). The molecule has 0 aliphatic heterocycles. The Morgan fingerprint density at radius 1 is 1.15 bits per heavy atom. The summed E-state index contributed by atoms with van der Waals surface area (Å²) in [5.41, 5.74) is 3.17. The number of ether oxygens (including phenoxy) is 1. The summed E-state index contributed by atoms with van der Waals surface area (Å²) in [6.45, 7) is -2.89. The lowest BCUT2D eigenvalue weighted by atomic mass is 9.88. The van der Waals surface area contributed by atoms with Crippen molar-refractivity contribution in [3.8, 4) is 5.75 Å². The highest BCUT2D eigenvalue weighted by atomic mass is 19.3. The number of anilines is 2. The van der Waals surface area contributed by atoms with E-state index in [0.29, 0.717) is 25.0 Å². The van der Waals surface area contributed by atoms with E-state index >= 15 is 0 Å². The van der Waals surface area contributed by atoms with Crippen molar-refractivity contribution in [3.05, 3.63) is 53.6 Å². The van der Waals surface area contributed by atoms with Crippen LogP contribution < -0.4 is 15.4 Å². The first-order valence-corrected chi connectivity index (χ1v) is 8.31. The van der Waals surface area contributed by atoms with E-state index < -0.39 is 18.7 Å². The Bertz CT molecular complexity index is 754. The molecule has 1 unspecified atom stereocenters. The number of benzene rings is 2. The highest BCUT2D eigenvalue weighted by Gasteiger charge is 2.19. The maximum atomic E-state index is 12.2. The summed E-state index contributed by atoms with van der Waals surface area (Å²) in [6, 6.07) is 10.8. The molecule has 8 heteroatoms. The molecule has 0 fully saturated rings. The van der Waals surface area contributed by atoms with Crippen LogP contribution in [-0.2, 0) is 12.8 Å². The summed E-state index contributed by atoms with van der Waals surface area (Å²) < 4.78 is 38.0. The third-order valence-electron chi connectivity index (χ3n) is 4.05. The fourth-order valence-corrected chi connectivity index (χ4v) is 2.89. The molecule has 0 aromatic heterocycles. The van der Waals surface area contributed by atoms with Crippen LogP contribution in [0.1, 0.15) is 17.5 Å². The average Bonchev–Trinajstić information content (AvgIpc) is 2.65. The van der Waals surface area contributed by atoms with Crippen LogP contribution in [0.4, 0.5) is 29.3 Å². The molecule has 2 amide bonds. The number of amides is 2. The Morgan fingerprint density at radius 3 is 2.52 bits per heavy atom. The van der Waals surface area contributed by atoms with Gasteiger partial charge in [-0.3, -0.25) is 4.39 Å². The molecule has 5 nitrogen and oxygen atoms in total. The molecule has 0 spiro atoms. The van der Waals surface area contributed by atoms with Crippen molar-refractivity contribution in [3.63, 3.8) is 0 Å². The summed E-state index contributed by atoms with van der Waals surface area (Å²) in [4.78, 5) is 12.2. The average molecular weight is 382 g/mol. The molecule has 0 heterocycles. The lowest BCUT2D eigenvalue weighted by Crippen LogP contribution is -2.24. The number of aliphatic hydroxyl groups is 1. The second-order valence-electron chi connectivity index (χ2n) is 5.82. The highest BCUT2D eigenvalue weighted by Crippen LogP contribution is 2.28. The summed E-state index contributed by atoms with van der Waals surface area (Å²) in [6.07, 6.45) is 1.60. The first-order chi connectivity index (χ1) is 13.0. The third kappa shape index (κ3) is 5.89. The molecule has 1 aliphatic rings. The van der Waals surface area contributed by atoms with Gasteiger partial charge in [0.2, 0.25) is 0 Å². The fraction of sp³-hybridized carbons (Fsp3) is 0.316. The van der Waals surface area contributed by atoms with Crippen LogP contribution in [0.15, 0.2) is 42.5 Å². The first kappa shape index (κ1) is 20.6. The summed E-state index contributed by atoms with van der Waals surface area (Å²) in [5, 5.41) is 15.3. The summed E-state index contributed by atoms with van der Waals surface area (Å²) >= 11 is 0. The van der Waals surface area contributed by atoms with Gasteiger partial charge >= 0.3 is 12.6 Å². The fourth-order valence-electron chi connectivity index (χ4n) is 2.89. The van der Waals surface area contributed by atoms with Gasteiger partial charge in [-0.2, -0.15) is 8.78 Å². The van der Waals surface area contributed by atoms with Gasteiger partial charge in [-0.25, -0.2) is 4.79 Å². The van der Waals surface area contributed by atoms with Gasteiger partial charge in [0.05, 0.1) is 13.3 Å². The lowest BCUT2D eigenvalue weighted by molar-refractivity contribution is -0.0498. The van der Waals surface area contributed by atoms with Crippen LogP contribution in [0.2, 0.25) is 0 Å². The van der Waals surface area contributed by atoms with Crippen molar-refractivity contribution in [2.45, 2.75) is 32.0 Å². The number of aryl methyl sites for hydroxylation is 1. The topological polar surface area (TPSA) is 70.6 Å². The Kier molecular flexibility index (Phi) is 7.48. The van der Waals surface area contributed by atoms with E-state index in [1.807, 2.05) is 12.1 Å². The zero-order chi connectivity index (χ0) is 19.8. The van der Waals surface area contributed by atoms with E-state index in [1.54, 1.807) is 6.07 Å². The molecular formula is C19H21F3N2O3. The number of hydrogen-bond acceptors (Lipinski definition) is 3. The minimum Gasteiger partial charge on any atom is -0.435 e. The largest absolute Gasteiger partial charge is 0.435 e. The van der Waals surface area contributed by atoms with Crippen molar-refractivity contribution >= 4 is 17.4 Å². The molecule has 3 N–H and O–H groups in total. The zero-order valence-corrected chi connectivity index (χ0v) is 14.7. The number of hydrogen-bond donors (Lipinski definition) is 3. The van der Waals surface area contributed by atoms with E-state index in [9.17, 15) is 23.1 Å². The SMILES string of the molecule is CF.O=C(Nc1ccc(OC(F)F)cc1)Nc1cccc2c1CC(O)CC2. The highest BCUT2D eigenvalue weighted by molar-refractivity contribution is 6.00. The second kappa shape index (κ2) is 9.82. The number of rotatable bonds is 4. The number of carbonyl (C=O) groups is 1. The van der Waals surface area contributed by atoms with Crippen LogP contribution >= 0.6 is 0 Å².